The molecule has 0 saturated heterocycles. The number of nitrogens with one attached hydrogen (secondary N) is 1. The summed E-state index contributed by atoms with van der Waals surface area (Å²) in [6, 6.07) is 6.11. The Bertz CT molecular complexity index is 374. The molecule has 1 unspecified atom stereocenters. The molecule has 0 bridgehead atoms. The second-order valence-electron chi connectivity index (χ2n) is 3.81. The Labute approximate surface area is 83.3 Å². The fourth-order valence-electron chi connectivity index (χ4n) is 1.84. The van der Waals surface area contributed by atoms with Crippen molar-refractivity contribution in [1.29, 1.82) is 0 Å². The maximum absolute atomic E-state index is 11.0. The van der Waals surface area contributed by atoms with Gasteiger partial charge in [-0.3, -0.25) is 4.79 Å². The number of amides is 1. The Morgan fingerprint density at radius 3 is 3.00 bits per heavy atom. The van der Waals surface area contributed by atoms with Gasteiger partial charge in [0.05, 0.1) is 6.04 Å². The highest BCUT2D eigenvalue weighted by molar-refractivity contribution is 5.80. The quantitative estimate of drug-likeness (QED) is 0.677. The molecule has 3 nitrogen and oxygen atoms in total. The van der Waals surface area contributed by atoms with Crippen LogP contribution in [-0.4, -0.2) is 11.9 Å². The molecule has 0 aliphatic carbocycles. The summed E-state index contributed by atoms with van der Waals surface area (Å²) in [4.78, 5) is 11.0. The molecule has 1 amide bonds. The molecule has 1 aromatic carbocycles. The smallest absolute Gasteiger partial charge is 0.234 e. The topological polar surface area (TPSA) is 55.1 Å². The predicted molar refractivity (Wildman–Crippen MR) is 54.7 cm³/mol. The molecule has 0 radical (unpaired) electrons. The van der Waals surface area contributed by atoms with Crippen LogP contribution in [0.2, 0.25) is 0 Å². The Balaban J connectivity index is 2.27. The number of carbonyl (C=O) groups excluding carboxylic acids is 1. The van der Waals surface area contributed by atoms with Gasteiger partial charge < -0.3 is 11.1 Å². The lowest BCUT2D eigenvalue weighted by atomic mass is 9.94. The number of hydrogen-bond acceptors (Lipinski definition) is 2. The first-order chi connectivity index (χ1) is 6.66. The highest BCUT2D eigenvalue weighted by Gasteiger charge is 2.21. The highest BCUT2D eigenvalue weighted by atomic mass is 16.1. The molecule has 3 N–H and O–H groups in total. The van der Waals surface area contributed by atoms with E-state index < -0.39 is 0 Å². The molecule has 1 aliphatic rings. The van der Waals surface area contributed by atoms with Crippen molar-refractivity contribution in [3.63, 3.8) is 0 Å². The van der Waals surface area contributed by atoms with Crippen LogP contribution in [0, 0.1) is 6.92 Å². The average molecular weight is 190 g/mol. The van der Waals surface area contributed by atoms with Crippen LogP contribution in [0.25, 0.3) is 0 Å². The maximum Gasteiger partial charge on any atom is 0.234 e. The Hall–Kier alpha value is -1.35. The van der Waals surface area contributed by atoms with Crippen molar-refractivity contribution in [3.8, 4) is 0 Å². The van der Waals surface area contributed by atoms with Crippen LogP contribution in [-0.2, 0) is 17.8 Å². The molecular formula is C11H14N2O. The Kier molecular flexibility index (Phi) is 2.25. The van der Waals surface area contributed by atoms with E-state index in [1.165, 1.54) is 16.7 Å². The van der Waals surface area contributed by atoms with Gasteiger partial charge in [0.25, 0.3) is 0 Å². The monoisotopic (exact) mass is 190 g/mol. The van der Waals surface area contributed by atoms with Crippen LogP contribution in [0.4, 0.5) is 0 Å². The van der Waals surface area contributed by atoms with Crippen molar-refractivity contribution in [2.75, 3.05) is 0 Å². The minimum Gasteiger partial charge on any atom is -0.368 e. The van der Waals surface area contributed by atoms with Gasteiger partial charge in [0.1, 0.15) is 0 Å². The van der Waals surface area contributed by atoms with Crippen molar-refractivity contribution in [2.45, 2.75) is 25.9 Å². The van der Waals surface area contributed by atoms with Crippen LogP contribution >= 0.6 is 0 Å². The van der Waals surface area contributed by atoms with Gasteiger partial charge in [0.15, 0.2) is 0 Å². The van der Waals surface area contributed by atoms with Crippen molar-refractivity contribution in [3.05, 3.63) is 34.9 Å². The second-order valence-corrected chi connectivity index (χ2v) is 3.81. The molecule has 2 rings (SSSR count). The van der Waals surface area contributed by atoms with Crippen LogP contribution < -0.4 is 11.1 Å². The molecular weight excluding hydrogens is 176 g/mol. The van der Waals surface area contributed by atoms with Crippen molar-refractivity contribution in [1.82, 2.24) is 5.32 Å². The molecule has 1 heterocycles. The third kappa shape index (κ3) is 1.63. The lowest BCUT2D eigenvalue weighted by molar-refractivity contribution is -0.120. The Morgan fingerprint density at radius 2 is 2.29 bits per heavy atom. The fraction of sp³-hybridized carbons (Fsp3) is 0.364. The first-order valence-corrected chi connectivity index (χ1v) is 4.78. The average Bonchev–Trinajstić information content (AvgIpc) is 2.16. The van der Waals surface area contributed by atoms with Gasteiger partial charge in [0, 0.05) is 6.54 Å². The van der Waals surface area contributed by atoms with Crippen LogP contribution in [0.1, 0.15) is 16.7 Å². The number of primary amides is 1. The van der Waals surface area contributed by atoms with E-state index in [0.29, 0.717) is 6.42 Å². The number of benzene rings is 1. The van der Waals surface area contributed by atoms with Gasteiger partial charge in [-0.15, -0.1) is 0 Å². The molecule has 0 fully saturated rings. The third-order valence-corrected chi connectivity index (χ3v) is 2.67. The number of fused-ring (bicyclic) bond motifs is 1. The largest absolute Gasteiger partial charge is 0.368 e. The summed E-state index contributed by atoms with van der Waals surface area (Å²) in [5.74, 6) is -0.267. The number of hydrogen-bond donors (Lipinski definition) is 2. The zero-order chi connectivity index (χ0) is 10.1. The van der Waals surface area contributed by atoms with Crippen molar-refractivity contribution >= 4 is 5.91 Å². The van der Waals surface area contributed by atoms with E-state index in [4.69, 9.17) is 5.73 Å². The van der Waals surface area contributed by atoms with E-state index in [9.17, 15) is 4.79 Å². The summed E-state index contributed by atoms with van der Waals surface area (Å²) in [7, 11) is 0. The van der Waals surface area contributed by atoms with Crippen LogP contribution in [0.15, 0.2) is 18.2 Å². The maximum atomic E-state index is 11.0. The molecule has 0 spiro atoms. The van der Waals surface area contributed by atoms with E-state index in [1.54, 1.807) is 0 Å². The molecule has 1 aliphatic heterocycles. The summed E-state index contributed by atoms with van der Waals surface area (Å²) >= 11 is 0. The normalized spacial score (nSPS) is 20.2. The van der Waals surface area contributed by atoms with Gasteiger partial charge in [-0.05, 0) is 24.5 Å². The van der Waals surface area contributed by atoms with E-state index in [-0.39, 0.29) is 11.9 Å². The summed E-state index contributed by atoms with van der Waals surface area (Å²) in [5, 5.41) is 3.13. The third-order valence-electron chi connectivity index (χ3n) is 2.67. The molecule has 0 saturated carbocycles. The molecule has 0 aromatic heterocycles. The van der Waals surface area contributed by atoms with Crippen molar-refractivity contribution < 1.29 is 4.79 Å². The Morgan fingerprint density at radius 1 is 1.50 bits per heavy atom. The number of rotatable bonds is 1. The SMILES string of the molecule is Cc1ccc2c(c1)CNC(C(N)=O)C2. The zero-order valence-corrected chi connectivity index (χ0v) is 8.21. The summed E-state index contributed by atoms with van der Waals surface area (Å²) in [5.41, 5.74) is 9.02. The minimum absolute atomic E-state index is 0.204. The van der Waals surface area contributed by atoms with Gasteiger partial charge in [0.2, 0.25) is 5.91 Å². The fourth-order valence-corrected chi connectivity index (χ4v) is 1.84. The van der Waals surface area contributed by atoms with Gasteiger partial charge in [-0.25, -0.2) is 0 Å². The van der Waals surface area contributed by atoms with E-state index in [0.717, 1.165) is 6.54 Å². The van der Waals surface area contributed by atoms with E-state index >= 15 is 0 Å². The van der Waals surface area contributed by atoms with E-state index in [2.05, 4.69) is 30.4 Å². The predicted octanol–water partition coefficient (Wildman–Crippen LogP) is 0.495. The van der Waals surface area contributed by atoms with Gasteiger partial charge >= 0.3 is 0 Å². The van der Waals surface area contributed by atoms with E-state index in [1.807, 2.05) is 0 Å². The molecule has 74 valence electrons. The summed E-state index contributed by atoms with van der Waals surface area (Å²) in [6.07, 6.45) is 0.713. The zero-order valence-electron chi connectivity index (χ0n) is 8.21. The first-order valence-electron chi connectivity index (χ1n) is 4.78. The molecule has 14 heavy (non-hydrogen) atoms. The second kappa shape index (κ2) is 3.42. The number of aryl methyl sites for hydroxylation is 1. The van der Waals surface area contributed by atoms with Crippen LogP contribution in [0.3, 0.4) is 0 Å². The van der Waals surface area contributed by atoms with Crippen molar-refractivity contribution in [2.24, 2.45) is 5.73 Å². The highest BCUT2D eigenvalue weighted by Crippen LogP contribution is 2.17. The van der Waals surface area contributed by atoms with Gasteiger partial charge in [-0.1, -0.05) is 23.8 Å². The van der Waals surface area contributed by atoms with Gasteiger partial charge in [-0.2, -0.15) is 0 Å². The first kappa shape index (κ1) is 9.21. The lowest BCUT2D eigenvalue weighted by Gasteiger charge is -2.24. The molecule has 3 heteroatoms. The standard InChI is InChI=1S/C11H14N2O/c1-7-2-3-8-5-10(11(12)14)13-6-9(8)4-7/h2-4,10,13H,5-6H2,1H3,(H2,12,14). The number of carbonyl (C=O) groups is 1. The number of nitrogens with two attached hydrogens (primary N) is 1. The van der Waals surface area contributed by atoms with Crippen LogP contribution in [0.5, 0.6) is 0 Å². The lowest BCUT2D eigenvalue weighted by Crippen LogP contribution is -2.45. The minimum atomic E-state index is -0.267. The summed E-state index contributed by atoms with van der Waals surface area (Å²) < 4.78 is 0. The summed E-state index contributed by atoms with van der Waals surface area (Å²) in [6.45, 7) is 2.81. The molecule has 1 atom stereocenters. The molecule has 1 aromatic rings.